The van der Waals surface area contributed by atoms with E-state index in [2.05, 4.69) is 25.0 Å². The molecule has 0 saturated heterocycles. The van der Waals surface area contributed by atoms with E-state index < -0.39 is 5.97 Å². The maximum atomic E-state index is 11.3. The molecule has 0 unspecified atom stereocenters. The number of ether oxygens (including phenoxy) is 1. The Morgan fingerprint density at radius 2 is 2.33 bits per heavy atom. The van der Waals surface area contributed by atoms with Gasteiger partial charge in [-0.25, -0.2) is 14.8 Å². The summed E-state index contributed by atoms with van der Waals surface area (Å²) in [5.41, 5.74) is 0.169. The molecule has 2 aromatic heterocycles. The smallest absolute Gasteiger partial charge is 0.358 e. The average molecular weight is 247 g/mol. The van der Waals surface area contributed by atoms with Crippen LogP contribution < -0.4 is 5.32 Å². The number of hydrogen-bond acceptors (Lipinski definition) is 6. The Morgan fingerprint density at radius 1 is 1.50 bits per heavy atom. The number of methoxy groups -OCH3 is 1. The number of aromatic nitrogens is 4. The second kappa shape index (κ2) is 5.26. The van der Waals surface area contributed by atoms with Crippen molar-refractivity contribution in [3.05, 3.63) is 36.3 Å². The molecule has 0 fully saturated rings. The quantitative estimate of drug-likeness (QED) is 0.797. The molecule has 0 amide bonds. The summed E-state index contributed by atoms with van der Waals surface area (Å²) in [5, 5.41) is 3.04. The van der Waals surface area contributed by atoms with E-state index in [0.29, 0.717) is 12.4 Å². The van der Waals surface area contributed by atoms with Crippen LogP contribution in [-0.2, 0) is 18.3 Å². The summed E-state index contributed by atoms with van der Waals surface area (Å²) in [4.78, 5) is 23.5. The van der Waals surface area contributed by atoms with Crippen molar-refractivity contribution in [2.45, 2.75) is 6.54 Å². The van der Waals surface area contributed by atoms with E-state index in [0.717, 1.165) is 5.82 Å². The number of esters is 1. The molecule has 1 N–H and O–H groups in total. The fourth-order valence-electron chi connectivity index (χ4n) is 1.39. The molecular formula is C11H13N5O2. The van der Waals surface area contributed by atoms with Crippen LogP contribution >= 0.6 is 0 Å². The fourth-order valence-corrected chi connectivity index (χ4v) is 1.39. The Hall–Kier alpha value is -2.44. The third kappa shape index (κ3) is 2.62. The Morgan fingerprint density at radius 3 is 3.00 bits per heavy atom. The Balaban J connectivity index is 2.06. The minimum Gasteiger partial charge on any atom is -0.464 e. The fraction of sp³-hybridized carbons (Fsp3) is 0.273. The van der Waals surface area contributed by atoms with Crippen LogP contribution in [0.4, 0.5) is 5.82 Å². The van der Waals surface area contributed by atoms with Gasteiger partial charge in [0.2, 0.25) is 0 Å². The van der Waals surface area contributed by atoms with Gasteiger partial charge < -0.3 is 14.6 Å². The average Bonchev–Trinajstić information content (AvgIpc) is 2.81. The Labute approximate surface area is 104 Å². The highest BCUT2D eigenvalue weighted by atomic mass is 16.5. The first kappa shape index (κ1) is 12.0. The number of carbonyl (C=O) groups excluding carboxylic acids is 1. The number of carbonyl (C=O) groups is 1. The van der Waals surface area contributed by atoms with E-state index in [-0.39, 0.29) is 5.69 Å². The van der Waals surface area contributed by atoms with Gasteiger partial charge in [0.15, 0.2) is 5.69 Å². The van der Waals surface area contributed by atoms with Crippen molar-refractivity contribution < 1.29 is 9.53 Å². The van der Waals surface area contributed by atoms with Gasteiger partial charge in [0, 0.05) is 19.4 Å². The van der Waals surface area contributed by atoms with E-state index in [1.54, 1.807) is 6.20 Å². The molecule has 0 aliphatic carbocycles. The summed E-state index contributed by atoms with van der Waals surface area (Å²) in [7, 11) is 3.21. The summed E-state index contributed by atoms with van der Waals surface area (Å²) in [6.45, 7) is 0.503. The van der Waals surface area contributed by atoms with Gasteiger partial charge in [0.05, 0.1) is 26.0 Å². The molecule has 7 nitrogen and oxygen atoms in total. The molecule has 18 heavy (non-hydrogen) atoms. The predicted molar refractivity (Wildman–Crippen MR) is 63.9 cm³/mol. The van der Waals surface area contributed by atoms with Crippen LogP contribution in [-0.4, -0.2) is 32.6 Å². The molecule has 0 aliphatic heterocycles. The highest BCUT2D eigenvalue weighted by Crippen LogP contribution is 2.05. The van der Waals surface area contributed by atoms with Crippen molar-refractivity contribution in [1.82, 2.24) is 19.5 Å². The van der Waals surface area contributed by atoms with Gasteiger partial charge in [-0.05, 0) is 0 Å². The van der Waals surface area contributed by atoms with Crippen molar-refractivity contribution in [3.63, 3.8) is 0 Å². The topological polar surface area (TPSA) is 81.9 Å². The molecule has 7 heteroatoms. The number of anilines is 1. The standard InChI is InChI=1S/C11H13N5O2/c1-16-4-3-13-10(16)7-14-9-6-12-5-8(15-9)11(17)18-2/h3-6H,7H2,1-2H3,(H,14,15). The second-order valence-electron chi connectivity index (χ2n) is 3.59. The molecule has 0 aliphatic rings. The lowest BCUT2D eigenvalue weighted by Gasteiger charge is -2.06. The monoisotopic (exact) mass is 247 g/mol. The van der Waals surface area contributed by atoms with Gasteiger partial charge in [0.25, 0.3) is 0 Å². The lowest BCUT2D eigenvalue weighted by molar-refractivity contribution is 0.0593. The minimum atomic E-state index is -0.511. The Bertz CT molecular complexity index is 552. The van der Waals surface area contributed by atoms with Gasteiger partial charge in [-0.1, -0.05) is 0 Å². The van der Waals surface area contributed by atoms with Crippen LogP contribution in [0, 0.1) is 0 Å². The first-order valence-electron chi connectivity index (χ1n) is 5.31. The van der Waals surface area contributed by atoms with Gasteiger partial charge in [-0.2, -0.15) is 0 Å². The molecule has 0 atom stereocenters. The van der Waals surface area contributed by atoms with Crippen molar-refractivity contribution in [2.75, 3.05) is 12.4 Å². The number of imidazole rings is 1. The number of hydrogen-bond donors (Lipinski definition) is 1. The molecule has 94 valence electrons. The van der Waals surface area contributed by atoms with Crippen LogP contribution in [0.15, 0.2) is 24.8 Å². The van der Waals surface area contributed by atoms with Gasteiger partial charge >= 0.3 is 5.97 Å². The van der Waals surface area contributed by atoms with Gasteiger partial charge in [0.1, 0.15) is 11.6 Å². The zero-order valence-corrected chi connectivity index (χ0v) is 10.1. The lowest BCUT2D eigenvalue weighted by atomic mass is 10.4. The van der Waals surface area contributed by atoms with E-state index >= 15 is 0 Å². The molecule has 2 rings (SSSR count). The third-order valence-electron chi connectivity index (χ3n) is 2.38. The highest BCUT2D eigenvalue weighted by molar-refractivity contribution is 5.87. The maximum absolute atomic E-state index is 11.3. The molecule has 0 aromatic carbocycles. The van der Waals surface area contributed by atoms with Crippen molar-refractivity contribution in [3.8, 4) is 0 Å². The van der Waals surface area contributed by atoms with Crippen LogP contribution in [0.25, 0.3) is 0 Å². The van der Waals surface area contributed by atoms with Crippen LogP contribution in [0.5, 0.6) is 0 Å². The third-order valence-corrected chi connectivity index (χ3v) is 2.38. The molecule has 2 aromatic rings. The molecule has 0 saturated carbocycles. The highest BCUT2D eigenvalue weighted by Gasteiger charge is 2.08. The summed E-state index contributed by atoms with van der Waals surface area (Å²) in [6, 6.07) is 0. The molecule has 2 heterocycles. The van der Waals surface area contributed by atoms with E-state index in [1.165, 1.54) is 19.5 Å². The normalized spacial score (nSPS) is 10.1. The summed E-state index contributed by atoms with van der Waals surface area (Å²) in [6.07, 6.45) is 6.47. The number of aryl methyl sites for hydroxylation is 1. The second-order valence-corrected chi connectivity index (χ2v) is 3.59. The molecule has 0 bridgehead atoms. The maximum Gasteiger partial charge on any atom is 0.358 e. The predicted octanol–water partition coefficient (Wildman–Crippen LogP) is 0.609. The minimum absolute atomic E-state index is 0.169. The first-order chi connectivity index (χ1) is 8.70. The number of nitrogens with zero attached hydrogens (tertiary/aromatic N) is 4. The van der Waals surface area contributed by atoms with E-state index in [1.807, 2.05) is 17.8 Å². The van der Waals surface area contributed by atoms with Crippen molar-refractivity contribution in [1.29, 1.82) is 0 Å². The SMILES string of the molecule is COC(=O)c1cncc(NCc2nccn2C)n1. The number of nitrogens with one attached hydrogen (secondary N) is 1. The van der Waals surface area contributed by atoms with Crippen molar-refractivity contribution >= 4 is 11.8 Å². The van der Waals surface area contributed by atoms with Crippen LogP contribution in [0.2, 0.25) is 0 Å². The Kier molecular flexibility index (Phi) is 3.52. The summed E-state index contributed by atoms with van der Waals surface area (Å²) in [5.74, 6) is 0.851. The largest absolute Gasteiger partial charge is 0.464 e. The van der Waals surface area contributed by atoms with E-state index in [9.17, 15) is 4.79 Å². The lowest BCUT2D eigenvalue weighted by Crippen LogP contribution is -2.10. The van der Waals surface area contributed by atoms with Crippen LogP contribution in [0.3, 0.4) is 0 Å². The molecular weight excluding hydrogens is 234 g/mol. The molecule has 0 radical (unpaired) electrons. The van der Waals surface area contributed by atoms with E-state index in [4.69, 9.17) is 0 Å². The van der Waals surface area contributed by atoms with Gasteiger partial charge in [-0.3, -0.25) is 4.98 Å². The first-order valence-corrected chi connectivity index (χ1v) is 5.31. The zero-order chi connectivity index (χ0) is 13.0. The van der Waals surface area contributed by atoms with Gasteiger partial charge in [-0.15, -0.1) is 0 Å². The van der Waals surface area contributed by atoms with Crippen LogP contribution in [0.1, 0.15) is 16.3 Å². The zero-order valence-electron chi connectivity index (χ0n) is 10.1. The summed E-state index contributed by atoms with van der Waals surface area (Å²) < 4.78 is 6.47. The summed E-state index contributed by atoms with van der Waals surface area (Å²) >= 11 is 0. The van der Waals surface area contributed by atoms with Crippen molar-refractivity contribution in [2.24, 2.45) is 7.05 Å². The number of rotatable bonds is 4. The molecule has 0 spiro atoms.